The van der Waals surface area contributed by atoms with Gasteiger partial charge in [0.05, 0.1) is 0 Å². The summed E-state index contributed by atoms with van der Waals surface area (Å²) < 4.78 is 0. The van der Waals surface area contributed by atoms with E-state index in [1.807, 2.05) is 11.8 Å². The van der Waals surface area contributed by atoms with Gasteiger partial charge in [-0.15, -0.1) is 0 Å². The van der Waals surface area contributed by atoms with E-state index in [4.69, 9.17) is 0 Å². The van der Waals surface area contributed by atoms with E-state index < -0.39 is 0 Å². The van der Waals surface area contributed by atoms with Crippen LogP contribution in [0.3, 0.4) is 0 Å². The lowest BCUT2D eigenvalue weighted by molar-refractivity contribution is 0.853. The van der Waals surface area contributed by atoms with Crippen LogP contribution in [-0.4, -0.2) is 12.0 Å². The molecule has 0 amide bonds. The minimum absolute atomic E-state index is 1.06. The van der Waals surface area contributed by atoms with Crippen molar-refractivity contribution in [3.63, 3.8) is 0 Å². The lowest BCUT2D eigenvalue weighted by atomic mass is 10.2. The molecule has 0 aromatic rings. The van der Waals surface area contributed by atoms with Crippen LogP contribution >= 0.6 is 11.8 Å². The third-order valence-electron chi connectivity index (χ3n) is 2.05. The Morgan fingerprint density at radius 2 is 2.18 bits per heavy atom. The summed E-state index contributed by atoms with van der Waals surface area (Å²) in [7, 11) is 0. The standard InChI is InChI=1S/C10H18S/c1-11-9-5-3-2-4-6-10-7-8-10/h2,4,10H,3,5-9H2,1H3. The van der Waals surface area contributed by atoms with Gasteiger partial charge in [-0.3, -0.25) is 0 Å². The van der Waals surface area contributed by atoms with Crippen molar-refractivity contribution < 1.29 is 0 Å². The van der Waals surface area contributed by atoms with E-state index in [1.165, 1.54) is 37.9 Å². The molecular formula is C10H18S. The van der Waals surface area contributed by atoms with Crippen molar-refractivity contribution in [1.29, 1.82) is 0 Å². The first-order valence-corrected chi connectivity index (χ1v) is 5.97. The zero-order valence-electron chi connectivity index (χ0n) is 7.38. The van der Waals surface area contributed by atoms with Crippen LogP contribution in [-0.2, 0) is 0 Å². The number of hydrogen-bond acceptors (Lipinski definition) is 1. The quantitative estimate of drug-likeness (QED) is 0.434. The van der Waals surface area contributed by atoms with Crippen LogP contribution in [0.25, 0.3) is 0 Å². The Morgan fingerprint density at radius 1 is 1.36 bits per heavy atom. The third-order valence-corrected chi connectivity index (χ3v) is 2.75. The van der Waals surface area contributed by atoms with E-state index in [0.29, 0.717) is 0 Å². The summed E-state index contributed by atoms with van der Waals surface area (Å²) in [6.45, 7) is 0. The van der Waals surface area contributed by atoms with Gasteiger partial charge in [0.2, 0.25) is 0 Å². The van der Waals surface area contributed by atoms with Crippen molar-refractivity contribution >= 4 is 11.8 Å². The van der Waals surface area contributed by atoms with Gasteiger partial charge in [0, 0.05) is 0 Å². The van der Waals surface area contributed by atoms with Crippen molar-refractivity contribution in [3.05, 3.63) is 12.2 Å². The van der Waals surface area contributed by atoms with E-state index in [2.05, 4.69) is 18.4 Å². The monoisotopic (exact) mass is 170 g/mol. The second-order valence-corrected chi connectivity index (χ2v) is 4.27. The molecule has 1 aliphatic rings. The van der Waals surface area contributed by atoms with Gasteiger partial charge in [-0.25, -0.2) is 0 Å². The second-order valence-electron chi connectivity index (χ2n) is 3.29. The van der Waals surface area contributed by atoms with E-state index in [9.17, 15) is 0 Å². The van der Waals surface area contributed by atoms with Crippen LogP contribution in [0.5, 0.6) is 0 Å². The minimum Gasteiger partial charge on any atom is -0.165 e. The molecule has 0 aromatic carbocycles. The molecule has 1 heteroatoms. The maximum Gasteiger partial charge on any atom is -0.00674 e. The van der Waals surface area contributed by atoms with Gasteiger partial charge in [0.1, 0.15) is 0 Å². The molecule has 0 N–H and O–H groups in total. The molecule has 0 atom stereocenters. The fraction of sp³-hybridized carbons (Fsp3) is 0.800. The molecule has 0 bridgehead atoms. The molecule has 0 nitrogen and oxygen atoms in total. The van der Waals surface area contributed by atoms with Crippen LogP contribution < -0.4 is 0 Å². The largest absolute Gasteiger partial charge is 0.165 e. The Hall–Kier alpha value is 0.0900. The Kier molecular flexibility index (Phi) is 4.76. The molecule has 11 heavy (non-hydrogen) atoms. The summed E-state index contributed by atoms with van der Waals surface area (Å²) in [4.78, 5) is 0. The average molecular weight is 170 g/mol. The highest BCUT2D eigenvalue weighted by molar-refractivity contribution is 7.98. The number of thioether (sulfide) groups is 1. The summed E-state index contributed by atoms with van der Waals surface area (Å²) in [5.74, 6) is 2.38. The fourth-order valence-electron chi connectivity index (χ4n) is 1.11. The molecule has 0 aliphatic heterocycles. The van der Waals surface area contributed by atoms with Crippen molar-refractivity contribution in [2.45, 2.75) is 32.1 Å². The first kappa shape index (κ1) is 9.18. The summed E-state index contributed by atoms with van der Waals surface area (Å²) in [6.07, 6.45) is 13.8. The maximum absolute atomic E-state index is 2.37. The van der Waals surface area contributed by atoms with Crippen molar-refractivity contribution in [1.82, 2.24) is 0 Å². The van der Waals surface area contributed by atoms with Gasteiger partial charge < -0.3 is 0 Å². The lowest BCUT2D eigenvalue weighted by Crippen LogP contribution is -1.75. The Bertz CT molecular complexity index is 114. The van der Waals surface area contributed by atoms with Crippen LogP contribution in [0.1, 0.15) is 32.1 Å². The number of allylic oxidation sites excluding steroid dienone is 2. The molecule has 0 unspecified atom stereocenters. The normalized spacial score (nSPS) is 17.9. The van der Waals surface area contributed by atoms with E-state index >= 15 is 0 Å². The smallest absolute Gasteiger partial charge is 0.00674 e. The molecule has 0 aromatic heterocycles. The molecule has 1 rings (SSSR count). The minimum atomic E-state index is 1.06. The molecule has 0 saturated heterocycles. The predicted molar refractivity (Wildman–Crippen MR) is 54.1 cm³/mol. The molecular weight excluding hydrogens is 152 g/mol. The number of rotatable bonds is 6. The van der Waals surface area contributed by atoms with Crippen molar-refractivity contribution in [2.24, 2.45) is 5.92 Å². The summed E-state index contributed by atoms with van der Waals surface area (Å²) >= 11 is 1.94. The van der Waals surface area contributed by atoms with Gasteiger partial charge >= 0.3 is 0 Å². The van der Waals surface area contributed by atoms with E-state index in [1.54, 1.807) is 0 Å². The van der Waals surface area contributed by atoms with Gasteiger partial charge in [-0.1, -0.05) is 12.2 Å². The molecule has 1 saturated carbocycles. The first-order valence-electron chi connectivity index (χ1n) is 4.57. The van der Waals surface area contributed by atoms with E-state index in [0.717, 1.165) is 5.92 Å². The third kappa shape index (κ3) is 5.37. The predicted octanol–water partition coefficient (Wildman–Crippen LogP) is 3.49. The van der Waals surface area contributed by atoms with Gasteiger partial charge in [-0.2, -0.15) is 11.8 Å². The number of hydrogen-bond donors (Lipinski definition) is 0. The first-order chi connectivity index (χ1) is 5.43. The van der Waals surface area contributed by atoms with Crippen molar-refractivity contribution in [2.75, 3.05) is 12.0 Å². The van der Waals surface area contributed by atoms with Gasteiger partial charge in [-0.05, 0) is 50.0 Å². The molecule has 0 spiro atoms. The Morgan fingerprint density at radius 3 is 2.82 bits per heavy atom. The second kappa shape index (κ2) is 5.70. The van der Waals surface area contributed by atoms with Crippen LogP contribution in [0.15, 0.2) is 12.2 Å². The molecule has 1 aliphatic carbocycles. The fourth-order valence-corrected chi connectivity index (χ4v) is 1.56. The summed E-state index contributed by atoms with van der Waals surface area (Å²) in [5.41, 5.74) is 0. The van der Waals surface area contributed by atoms with Gasteiger partial charge in [0.15, 0.2) is 0 Å². The maximum atomic E-state index is 2.37. The zero-order chi connectivity index (χ0) is 7.94. The van der Waals surface area contributed by atoms with Crippen LogP contribution in [0.4, 0.5) is 0 Å². The molecule has 0 radical (unpaired) electrons. The Labute approximate surface area is 74.5 Å². The highest BCUT2D eigenvalue weighted by Gasteiger charge is 2.18. The SMILES string of the molecule is CSCCCC=CCC1CC1. The molecule has 64 valence electrons. The van der Waals surface area contributed by atoms with E-state index in [-0.39, 0.29) is 0 Å². The van der Waals surface area contributed by atoms with Crippen molar-refractivity contribution in [3.8, 4) is 0 Å². The van der Waals surface area contributed by atoms with Gasteiger partial charge in [0.25, 0.3) is 0 Å². The summed E-state index contributed by atoms with van der Waals surface area (Å²) in [5, 5.41) is 0. The highest BCUT2D eigenvalue weighted by Crippen LogP contribution is 2.32. The Balaban J connectivity index is 1.80. The highest BCUT2D eigenvalue weighted by atomic mass is 32.2. The number of unbranched alkanes of at least 4 members (excludes halogenated alkanes) is 1. The average Bonchev–Trinajstić information content (AvgIpc) is 2.80. The molecule has 0 heterocycles. The molecule has 1 fully saturated rings. The summed E-state index contributed by atoms with van der Waals surface area (Å²) in [6, 6.07) is 0. The van der Waals surface area contributed by atoms with Crippen LogP contribution in [0, 0.1) is 5.92 Å². The van der Waals surface area contributed by atoms with Crippen LogP contribution in [0.2, 0.25) is 0 Å². The topological polar surface area (TPSA) is 0 Å². The zero-order valence-corrected chi connectivity index (χ0v) is 8.20. The lowest BCUT2D eigenvalue weighted by Gasteiger charge is -1.91.